The minimum atomic E-state index is -0.891. The van der Waals surface area contributed by atoms with Gasteiger partial charge in [-0.05, 0) is 19.9 Å². The summed E-state index contributed by atoms with van der Waals surface area (Å²) in [7, 11) is 0. The smallest absolute Gasteiger partial charge is 0.305 e. The maximum Gasteiger partial charge on any atom is 0.305 e. The molecule has 102 valence electrons. The zero-order valence-electron chi connectivity index (χ0n) is 10.6. The molecule has 0 aromatic carbocycles. The van der Waals surface area contributed by atoms with E-state index in [0.29, 0.717) is 26.3 Å². The van der Waals surface area contributed by atoms with Crippen LogP contribution in [0.5, 0.6) is 0 Å². The molecule has 18 heavy (non-hydrogen) atoms. The molecule has 2 saturated heterocycles. The number of amides is 1. The van der Waals surface area contributed by atoms with E-state index in [1.54, 1.807) is 4.90 Å². The van der Waals surface area contributed by atoms with Gasteiger partial charge in [-0.15, -0.1) is 0 Å². The third-order valence-electron chi connectivity index (χ3n) is 3.78. The van der Waals surface area contributed by atoms with Crippen LogP contribution in [-0.4, -0.2) is 60.8 Å². The van der Waals surface area contributed by atoms with Crippen molar-refractivity contribution in [3.63, 3.8) is 0 Å². The third kappa shape index (κ3) is 2.64. The summed E-state index contributed by atoms with van der Waals surface area (Å²) < 4.78 is 5.29. The lowest BCUT2D eigenvalue weighted by Gasteiger charge is -2.39. The molecule has 0 aromatic heterocycles. The number of hydrogen-bond acceptors (Lipinski definition) is 4. The molecule has 6 heteroatoms. The van der Waals surface area contributed by atoms with Crippen molar-refractivity contribution in [2.24, 2.45) is 5.41 Å². The van der Waals surface area contributed by atoms with Crippen LogP contribution < -0.4 is 5.32 Å². The van der Waals surface area contributed by atoms with Crippen molar-refractivity contribution in [2.75, 3.05) is 32.8 Å². The Morgan fingerprint density at radius 2 is 2.33 bits per heavy atom. The summed E-state index contributed by atoms with van der Waals surface area (Å²) in [5.41, 5.74) is -0.395. The number of aliphatic carboxylic acids is 1. The van der Waals surface area contributed by atoms with Gasteiger partial charge in [0.15, 0.2) is 0 Å². The fourth-order valence-electron chi connectivity index (χ4n) is 2.64. The van der Waals surface area contributed by atoms with Crippen LogP contribution in [0.3, 0.4) is 0 Å². The van der Waals surface area contributed by atoms with Gasteiger partial charge < -0.3 is 20.1 Å². The monoisotopic (exact) mass is 256 g/mol. The van der Waals surface area contributed by atoms with Gasteiger partial charge in [0.1, 0.15) is 0 Å². The average molecular weight is 256 g/mol. The topological polar surface area (TPSA) is 78.9 Å². The lowest BCUT2D eigenvalue weighted by molar-refractivity contribution is -0.152. The highest BCUT2D eigenvalue weighted by atomic mass is 16.5. The molecule has 2 aliphatic rings. The van der Waals surface area contributed by atoms with Crippen LogP contribution in [-0.2, 0) is 14.3 Å². The Morgan fingerprint density at radius 1 is 1.56 bits per heavy atom. The number of nitrogens with zero attached hydrogens (tertiary/aromatic N) is 1. The van der Waals surface area contributed by atoms with Crippen LogP contribution in [0.25, 0.3) is 0 Å². The number of carboxylic acid groups (broad SMARTS) is 1. The SMILES string of the molecule is CC1(C(=O)N2CCOCC2CC(=O)O)CCNC1. The Hall–Kier alpha value is -1.14. The van der Waals surface area contributed by atoms with Gasteiger partial charge in [-0.2, -0.15) is 0 Å². The van der Waals surface area contributed by atoms with E-state index in [1.165, 1.54) is 0 Å². The van der Waals surface area contributed by atoms with E-state index in [4.69, 9.17) is 9.84 Å². The highest BCUT2D eigenvalue weighted by Crippen LogP contribution is 2.29. The van der Waals surface area contributed by atoms with E-state index in [0.717, 1.165) is 13.0 Å². The number of carbonyl (C=O) groups is 2. The quantitative estimate of drug-likeness (QED) is 0.724. The van der Waals surface area contributed by atoms with E-state index in [9.17, 15) is 9.59 Å². The first-order valence-electron chi connectivity index (χ1n) is 6.34. The van der Waals surface area contributed by atoms with E-state index in [2.05, 4.69) is 5.32 Å². The zero-order chi connectivity index (χ0) is 13.2. The van der Waals surface area contributed by atoms with Crippen molar-refractivity contribution in [1.82, 2.24) is 10.2 Å². The van der Waals surface area contributed by atoms with E-state index in [1.807, 2.05) is 6.92 Å². The molecule has 2 fully saturated rings. The second-order valence-corrected chi connectivity index (χ2v) is 5.31. The molecule has 0 saturated carbocycles. The second-order valence-electron chi connectivity index (χ2n) is 5.31. The summed E-state index contributed by atoms with van der Waals surface area (Å²) in [6, 6.07) is -0.332. The third-order valence-corrected chi connectivity index (χ3v) is 3.78. The Bertz CT molecular complexity index is 339. The van der Waals surface area contributed by atoms with Crippen molar-refractivity contribution < 1.29 is 19.4 Å². The molecule has 2 rings (SSSR count). The van der Waals surface area contributed by atoms with Gasteiger partial charge in [-0.25, -0.2) is 0 Å². The van der Waals surface area contributed by atoms with Gasteiger partial charge in [0, 0.05) is 13.1 Å². The van der Waals surface area contributed by atoms with Crippen LogP contribution in [0, 0.1) is 5.41 Å². The molecule has 0 bridgehead atoms. The van der Waals surface area contributed by atoms with Crippen LogP contribution in [0.2, 0.25) is 0 Å². The lowest BCUT2D eigenvalue weighted by Crippen LogP contribution is -2.54. The molecule has 2 aliphatic heterocycles. The predicted molar refractivity (Wildman–Crippen MR) is 64.2 cm³/mol. The lowest BCUT2D eigenvalue weighted by atomic mass is 9.87. The number of morpholine rings is 1. The fourth-order valence-corrected chi connectivity index (χ4v) is 2.64. The highest BCUT2D eigenvalue weighted by Gasteiger charge is 2.42. The van der Waals surface area contributed by atoms with Crippen molar-refractivity contribution in [1.29, 1.82) is 0 Å². The summed E-state index contributed by atoms with van der Waals surface area (Å²) in [5, 5.41) is 12.1. The molecule has 1 amide bonds. The van der Waals surface area contributed by atoms with Gasteiger partial charge in [0.05, 0.1) is 31.1 Å². The fraction of sp³-hybridized carbons (Fsp3) is 0.833. The predicted octanol–water partition coefficient (Wildman–Crippen LogP) is -0.312. The number of ether oxygens (including phenoxy) is 1. The van der Waals surface area contributed by atoms with E-state index >= 15 is 0 Å². The Balaban J connectivity index is 2.08. The Morgan fingerprint density at radius 3 is 2.94 bits per heavy atom. The van der Waals surface area contributed by atoms with Gasteiger partial charge in [0.2, 0.25) is 5.91 Å². The zero-order valence-corrected chi connectivity index (χ0v) is 10.6. The highest BCUT2D eigenvalue weighted by molar-refractivity contribution is 5.84. The van der Waals surface area contributed by atoms with Crippen LogP contribution in [0.4, 0.5) is 0 Å². The van der Waals surface area contributed by atoms with E-state index < -0.39 is 11.4 Å². The van der Waals surface area contributed by atoms with Crippen LogP contribution in [0.15, 0.2) is 0 Å². The second kappa shape index (κ2) is 5.24. The minimum absolute atomic E-state index is 0.0464. The number of carboxylic acids is 1. The molecule has 0 spiro atoms. The molecule has 0 aromatic rings. The van der Waals surface area contributed by atoms with Gasteiger partial charge >= 0.3 is 5.97 Å². The first-order valence-corrected chi connectivity index (χ1v) is 6.34. The normalized spacial score (nSPS) is 32.5. The van der Waals surface area contributed by atoms with Gasteiger partial charge in [-0.1, -0.05) is 0 Å². The van der Waals surface area contributed by atoms with Crippen molar-refractivity contribution in [2.45, 2.75) is 25.8 Å². The first kappa shape index (κ1) is 13.3. The van der Waals surface area contributed by atoms with Crippen molar-refractivity contribution in [3.8, 4) is 0 Å². The summed E-state index contributed by atoms with van der Waals surface area (Å²) >= 11 is 0. The molecular formula is C12H20N2O4. The standard InChI is InChI=1S/C12H20N2O4/c1-12(2-3-13-8-12)11(17)14-4-5-18-7-9(14)6-10(15)16/h9,13H,2-8H2,1H3,(H,15,16). The molecule has 6 nitrogen and oxygen atoms in total. The summed E-state index contributed by atoms with van der Waals surface area (Å²) in [5.74, 6) is -0.833. The molecule has 0 aliphatic carbocycles. The van der Waals surface area contributed by atoms with Gasteiger partial charge in [0.25, 0.3) is 0 Å². The Labute approximate surface area is 106 Å². The maximum absolute atomic E-state index is 12.6. The molecule has 2 heterocycles. The minimum Gasteiger partial charge on any atom is -0.481 e. The summed E-state index contributed by atoms with van der Waals surface area (Å²) in [6.07, 6.45) is 0.762. The maximum atomic E-state index is 12.6. The Kier molecular flexibility index (Phi) is 3.87. The van der Waals surface area contributed by atoms with Crippen LogP contribution >= 0.6 is 0 Å². The first-order chi connectivity index (χ1) is 8.53. The molecule has 2 N–H and O–H groups in total. The number of nitrogens with one attached hydrogen (secondary N) is 1. The number of rotatable bonds is 3. The molecule has 2 atom stereocenters. The van der Waals surface area contributed by atoms with E-state index in [-0.39, 0.29) is 18.4 Å². The number of carbonyl (C=O) groups excluding carboxylic acids is 1. The summed E-state index contributed by atoms with van der Waals surface area (Å²) in [6.45, 7) is 4.76. The summed E-state index contributed by atoms with van der Waals surface area (Å²) in [4.78, 5) is 25.1. The van der Waals surface area contributed by atoms with Crippen LogP contribution in [0.1, 0.15) is 19.8 Å². The molecular weight excluding hydrogens is 236 g/mol. The average Bonchev–Trinajstić information content (AvgIpc) is 2.76. The molecule has 0 radical (unpaired) electrons. The number of hydrogen-bond donors (Lipinski definition) is 2. The van der Waals surface area contributed by atoms with Crippen molar-refractivity contribution >= 4 is 11.9 Å². The molecule has 2 unspecified atom stereocenters. The van der Waals surface area contributed by atoms with Crippen molar-refractivity contribution in [3.05, 3.63) is 0 Å². The largest absolute Gasteiger partial charge is 0.481 e. The van der Waals surface area contributed by atoms with Gasteiger partial charge in [-0.3, -0.25) is 9.59 Å².